The van der Waals surface area contributed by atoms with Crippen molar-refractivity contribution in [3.05, 3.63) is 17.0 Å². The standard InChI is InChI=1S/C18H28N4O2/c1-12-10-14-15(13(2)24-12)19-20-16(14)17(23)22-9-6-18(11-22)4-7-21(3)8-5-18/h12-13H,4-11H2,1-3H3,(H,19,20)/t12-,13+/m1/s1. The summed E-state index contributed by atoms with van der Waals surface area (Å²) in [7, 11) is 2.19. The Bertz CT molecular complexity index is 633. The van der Waals surface area contributed by atoms with Gasteiger partial charge in [0, 0.05) is 25.1 Å². The highest BCUT2D eigenvalue weighted by molar-refractivity contribution is 5.94. The molecule has 2 saturated heterocycles. The minimum absolute atomic E-state index is 0.0170. The van der Waals surface area contributed by atoms with E-state index in [4.69, 9.17) is 4.74 Å². The molecule has 24 heavy (non-hydrogen) atoms. The normalized spacial score (nSPS) is 29.9. The number of fused-ring (bicyclic) bond motifs is 1. The number of nitrogens with one attached hydrogen (secondary N) is 1. The first-order chi connectivity index (χ1) is 11.5. The Morgan fingerprint density at radius 3 is 2.71 bits per heavy atom. The van der Waals surface area contributed by atoms with Crippen LogP contribution in [0.2, 0.25) is 0 Å². The van der Waals surface area contributed by atoms with E-state index in [1.54, 1.807) is 0 Å². The first kappa shape index (κ1) is 16.1. The maximum Gasteiger partial charge on any atom is 0.274 e. The number of aromatic nitrogens is 2. The summed E-state index contributed by atoms with van der Waals surface area (Å²) < 4.78 is 5.83. The number of likely N-dealkylation sites (tertiary alicyclic amines) is 2. The quantitative estimate of drug-likeness (QED) is 0.854. The van der Waals surface area contributed by atoms with Crippen molar-refractivity contribution in [2.75, 3.05) is 33.2 Å². The van der Waals surface area contributed by atoms with Gasteiger partial charge < -0.3 is 14.5 Å². The zero-order chi connectivity index (χ0) is 16.9. The highest BCUT2D eigenvalue weighted by atomic mass is 16.5. The van der Waals surface area contributed by atoms with Crippen LogP contribution < -0.4 is 0 Å². The molecule has 0 aromatic carbocycles. The zero-order valence-electron chi connectivity index (χ0n) is 15.0. The first-order valence-electron chi connectivity index (χ1n) is 9.18. The van der Waals surface area contributed by atoms with Crippen molar-refractivity contribution in [3.63, 3.8) is 0 Å². The summed E-state index contributed by atoms with van der Waals surface area (Å²) in [5.74, 6) is 0.101. The van der Waals surface area contributed by atoms with Gasteiger partial charge in [-0.25, -0.2) is 0 Å². The molecule has 132 valence electrons. The molecule has 0 saturated carbocycles. The van der Waals surface area contributed by atoms with Crippen LogP contribution in [0.4, 0.5) is 0 Å². The summed E-state index contributed by atoms with van der Waals surface area (Å²) >= 11 is 0. The van der Waals surface area contributed by atoms with E-state index in [2.05, 4.69) is 29.1 Å². The maximum absolute atomic E-state index is 13.1. The van der Waals surface area contributed by atoms with Crippen LogP contribution in [0.15, 0.2) is 0 Å². The summed E-state index contributed by atoms with van der Waals surface area (Å²) in [5.41, 5.74) is 3.00. The van der Waals surface area contributed by atoms with Crippen molar-refractivity contribution in [1.29, 1.82) is 0 Å². The molecule has 4 rings (SSSR count). The fourth-order valence-electron chi connectivity index (χ4n) is 4.61. The fraction of sp³-hybridized carbons (Fsp3) is 0.778. The third kappa shape index (κ3) is 2.65. The molecule has 1 aromatic heterocycles. The number of aromatic amines is 1. The average molecular weight is 332 g/mol. The van der Waals surface area contributed by atoms with Gasteiger partial charge in [-0.1, -0.05) is 0 Å². The third-order valence-corrected chi connectivity index (χ3v) is 6.21. The van der Waals surface area contributed by atoms with E-state index >= 15 is 0 Å². The van der Waals surface area contributed by atoms with Gasteiger partial charge in [-0.2, -0.15) is 5.10 Å². The van der Waals surface area contributed by atoms with Crippen LogP contribution in [-0.4, -0.2) is 65.2 Å². The second kappa shape index (κ2) is 5.85. The maximum atomic E-state index is 13.1. The van der Waals surface area contributed by atoms with Crippen molar-refractivity contribution < 1.29 is 9.53 Å². The van der Waals surface area contributed by atoms with Gasteiger partial charge in [0.1, 0.15) is 0 Å². The molecule has 1 amide bonds. The van der Waals surface area contributed by atoms with Gasteiger partial charge in [-0.15, -0.1) is 0 Å². The Labute approximate surface area is 143 Å². The molecule has 2 atom stereocenters. The summed E-state index contributed by atoms with van der Waals surface area (Å²) in [6.07, 6.45) is 4.42. The van der Waals surface area contributed by atoms with Gasteiger partial charge in [-0.05, 0) is 58.7 Å². The molecule has 0 unspecified atom stereocenters. The smallest absolute Gasteiger partial charge is 0.274 e. The molecule has 1 N–H and O–H groups in total. The lowest BCUT2D eigenvalue weighted by Gasteiger charge is -2.37. The van der Waals surface area contributed by atoms with Crippen molar-refractivity contribution in [1.82, 2.24) is 20.0 Å². The Balaban J connectivity index is 1.52. The van der Waals surface area contributed by atoms with Crippen LogP contribution in [0.1, 0.15) is 61.0 Å². The summed E-state index contributed by atoms with van der Waals surface area (Å²) in [6.45, 7) is 8.13. The van der Waals surface area contributed by atoms with E-state index in [0.717, 1.165) is 50.3 Å². The molecule has 6 heteroatoms. The van der Waals surface area contributed by atoms with Crippen LogP contribution >= 0.6 is 0 Å². The van der Waals surface area contributed by atoms with Crippen LogP contribution in [0.25, 0.3) is 0 Å². The van der Waals surface area contributed by atoms with Crippen LogP contribution in [0.3, 0.4) is 0 Å². The second-order valence-corrected chi connectivity index (χ2v) is 8.04. The number of hydrogen-bond acceptors (Lipinski definition) is 4. The Hall–Kier alpha value is -1.40. The minimum Gasteiger partial charge on any atom is -0.369 e. The number of nitrogens with zero attached hydrogens (tertiary/aromatic N) is 3. The lowest BCUT2D eigenvalue weighted by atomic mass is 9.78. The molecule has 4 heterocycles. The van der Waals surface area contributed by atoms with Crippen molar-refractivity contribution >= 4 is 5.91 Å². The van der Waals surface area contributed by atoms with E-state index in [1.165, 1.54) is 12.8 Å². The average Bonchev–Trinajstić information content (AvgIpc) is 3.15. The van der Waals surface area contributed by atoms with Crippen LogP contribution in [0, 0.1) is 5.41 Å². The monoisotopic (exact) mass is 332 g/mol. The molecule has 3 aliphatic rings. The molecule has 6 nitrogen and oxygen atoms in total. The zero-order valence-corrected chi connectivity index (χ0v) is 15.0. The molecular formula is C18H28N4O2. The number of H-pyrrole nitrogens is 1. The SMILES string of the molecule is C[C@@H]1Cc2c(C(=O)N3CCC4(CCN(C)CC4)C3)n[nH]c2[C@H](C)O1. The number of ether oxygens (including phenoxy) is 1. The van der Waals surface area contributed by atoms with E-state index in [0.29, 0.717) is 11.1 Å². The number of rotatable bonds is 1. The number of piperidine rings is 1. The lowest BCUT2D eigenvalue weighted by Crippen LogP contribution is -2.40. The van der Waals surface area contributed by atoms with Gasteiger partial charge in [0.15, 0.2) is 5.69 Å². The van der Waals surface area contributed by atoms with Gasteiger partial charge >= 0.3 is 0 Å². The molecular weight excluding hydrogens is 304 g/mol. The molecule has 1 spiro atoms. The molecule has 2 fully saturated rings. The molecule has 0 bridgehead atoms. The Morgan fingerprint density at radius 2 is 1.96 bits per heavy atom. The number of hydrogen-bond donors (Lipinski definition) is 1. The minimum atomic E-state index is -0.0170. The third-order valence-electron chi connectivity index (χ3n) is 6.21. The summed E-state index contributed by atoms with van der Waals surface area (Å²) in [6, 6.07) is 0. The molecule has 0 radical (unpaired) electrons. The van der Waals surface area contributed by atoms with Gasteiger partial charge in [0.25, 0.3) is 5.91 Å². The summed E-state index contributed by atoms with van der Waals surface area (Å²) in [4.78, 5) is 17.5. The summed E-state index contributed by atoms with van der Waals surface area (Å²) in [5, 5.41) is 7.42. The topological polar surface area (TPSA) is 61.5 Å². The van der Waals surface area contributed by atoms with Crippen molar-refractivity contribution in [3.8, 4) is 0 Å². The predicted molar refractivity (Wildman–Crippen MR) is 90.9 cm³/mol. The molecule has 3 aliphatic heterocycles. The number of carbonyl (C=O) groups excluding carboxylic acids is 1. The van der Waals surface area contributed by atoms with Gasteiger partial charge in [0.2, 0.25) is 0 Å². The highest BCUT2D eigenvalue weighted by Gasteiger charge is 2.42. The van der Waals surface area contributed by atoms with E-state index in [1.807, 2.05) is 11.8 Å². The lowest BCUT2D eigenvalue weighted by molar-refractivity contribution is -0.00702. The van der Waals surface area contributed by atoms with Gasteiger partial charge in [0.05, 0.1) is 17.9 Å². The molecule has 0 aliphatic carbocycles. The van der Waals surface area contributed by atoms with E-state index < -0.39 is 0 Å². The number of carbonyl (C=O) groups is 1. The largest absolute Gasteiger partial charge is 0.369 e. The first-order valence-corrected chi connectivity index (χ1v) is 9.18. The van der Waals surface area contributed by atoms with Crippen molar-refractivity contribution in [2.45, 2.75) is 51.7 Å². The van der Waals surface area contributed by atoms with Crippen LogP contribution in [-0.2, 0) is 11.2 Å². The fourth-order valence-corrected chi connectivity index (χ4v) is 4.61. The molecule has 1 aromatic rings. The van der Waals surface area contributed by atoms with E-state index in [9.17, 15) is 4.79 Å². The second-order valence-electron chi connectivity index (χ2n) is 8.04. The van der Waals surface area contributed by atoms with Crippen LogP contribution in [0.5, 0.6) is 0 Å². The number of amides is 1. The Kier molecular flexibility index (Phi) is 3.92. The highest BCUT2D eigenvalue weighted by Crippen LogP contribution is 2.41. The predicted octanol–water partition coefficient (Wildman–Crippen LogP) is 1.99. The van der Waals surface area contributed by atoms with Crippen molar-refractivity contribution in [2.24, 2.45) is 5.41 Å². The van der Waals surface area contributed by atoms with Gasteiger partial charge in [-0.3, -0.25) is 9.89 Å². The Morgan fingerprint density at radius 1 is 1.25 bits per heavy atom. The van der Waals surface area contributed by atoms with E-state index in [-0.39, 0.29) is 18.1 Å².